The number of carbonyl (C=O) groups excluding carboxylic acids is 1. The molecule has 106 valence electrons. The Bertz CT molecular complexity index is 790. The van der Waals surface area contributed by atoms with Gasteiger partial charge in [-0.05, 0) is 48.9 Å². The highest BCUT2D eigenvalue weighted by atomic mass is 19.1. The Morgan fingerprint density at radius 3 is 2.67 bits per heavy atom. The number of hydrogen-bond acceptors (Lipinski definition) is 1. The first kappa shape index (κ1) is 13.4. The van der Waals surface area contributed by atoms with Crippen molar-refractivity contribution in [3.63, 3.8) is 0 Å². The summed E-state index contributed by atoms with van der Waals surface area (Å²) in [5.41, 5.74) is 3.56. The second kappa shape index (κ2) is 5.40. The largest absolute Gasteiger partial charge is 0.359 e. The summed E-state index contributed by atoms with van der Waals surface area (Å²) in [6, 6.07) is 13.6. The Kier molecular flexibility index (Phi) is 3.44. The van der Waals surface area contributed by atoms with Crippen LogP contribution in [0, 0.1) is 12.7 Å². The molecule has 0 bridgehead atoms. The maximum absolute atomic E-state index is 12.8. The van der Waals surface area contributed by atoms with Gasteiger partial charge in [-0.3, -0.25) is 4.79 Å². The standard InChI is InChI=1S/C17H15FN2O/c1-11-8-14-9-13(4-7-16(14)20-11)17(21)19-10-12-2-5-15(18)6-3-12/h2-9,20H,10H2,1H3,(H,19,21). The molecule has 1 heterocycles. The van der Waals surface area contributed by atoms with Gasteiger partial charge >= 0.3 is 0 Å². The molecule has 0 unspecified atom stereocenters. The fourth-order valence-electron chi connectivity index (χ4n) is 2.31. The smallest absolute Gasteiger partial charge is 0.251 e. The van der Waals surface area contributed by atoms with Gasteiger partial charge in [0.2, 0.25) is 0 Å². The van der Waals surface area contributed by atoms with E-state index in [1.165, 1.54) is 12.1 Å². The first-order valence-corrected chi connectivity index (χ1v) is 6.74. The van der Waals surface area contributed by atoms with Crippen LogP contribution in [0.5, 0.6) is 0 Å². The van der Waals surface area contributed by atoms with Crippen molar-refractivity contribution in [1.29, 1.82) is 0 Å². The molecule has 0 spiro atoms. The average Bonchev–Trinajstić information content (AvgIpc) is 2.85. The summed E-state index contributed by atoms with van der Waals surface area (Å²) in [5, 5.41) is 3.85. The molecule has 1 amide bonds. The molecule has 2 N–H and O–H groups in total. The van der Waals surface area contributed by atoms with Gasteiger partial charge in [0, 0.05) is 28.7 Å². The number of amides is 1. The zero-order chi connectivity index (χ0) is 14.8. The first-order valence-electron chi connectivity index (χ1n) is 6.74. The lowest BCUT2D eigenvalue weighted by atomic mass is 10.1. The second-order valence-electron chi connectivity index (χ2n) is 5.06. The van der Waals surface area contributed by atoms with Gasteiger partial charge in [0.15, 0.2) is 0 Å². The average molecular weight is 282 g/mol. The SMILES string of the molecule is Cc1cc2cc(C(=O)NCc3ccc(F)cc3)ccc2[nH]1. The minimum absolute atomic E-state index is 0.139. The molecule has 21 heavy (non-hydrogen) atoms. The van der Waals surface area contributed by atoms with Crippen molar-refractivity contribution in [3.05, 3.63) is 71.2 Å². The highest BCUT2D eigenvalue weighted by Crippen LogP contribution is 2.17. The predicted molar refractivity (Wildman–Crippen MR) is 80.6 cm³/mol. The van der Waals surface area contributed by atoms with E-state index in [0.717, 1.165) is 22.2 Å². The fraction of sp³-hybridized carbons (Fsp3) is 0.118. The van der Waals surface area contributed by atoms with E-state index in [1.54, 1.807) is 18.2 Å². The summed E-state index contributed by atoms with van der Waals surface area (Å²) in [6.07, 6.45) is 0. The zero-order valence-corrected chi connectivity index (χ0v) is 11.6. The quantitative estimate of drug-likeness (QED) is 0.758. The number of rotatable bonds is 3. The lowest BCUT2D eigenvalue weighted by Gasteiger charge is -2.05. The number of fused-ring (bicyclic) bond motifs is 1. The molecule has 0 aliphatic heterocycles. The minimum Gasteiger partial charge on any atom is -0.359 e. The number of aromatic amines is 1. The van der Waals surface area contributed by atoms with Crippen LogP contribution in [0.3, 0.4) is 0 Å². The molecule has 0 saturated carbocycles. The minimum atomic E-state index is -0.279. The van der Waals surface area contributed by atoms with Crippen molar-refractivity contribution >= 4 is 16.8 Å². The van der Waals surface area contributed by atoms with Crippen LogP contribution in [-0.2, 0) is 6.54 Å². The van der Waals surface area contributed by atoms with Crippen molar-refractivity contribution in [3.8, 4) is 0 Å². The molecule has 3 rings (SSSR count). The van der Waals surface area contributed by atoms with E-state index in [0.29, 0.717) is 12.1 Å². The van der Waals surface area contributed by atoms with E-state index in [9.17, 15) is 9.18 Å². The van der Waals surface area contributed by atoms with Crippen LogP contribution in [0.25, 0.3) is 10.9 Å². The van der Waals surface area contributed by atoms with Crippen molar-refractivity contribution in [1.82, 2.24) is 10.3 Å². The Morgan fingerprint density at radius 2 is 1.90 bits per heavy atom. The molecule has 2 aromatic carbocycles. The van der Waals surface area contributed by atoms with Crippen molar-refractivity contribution in [2.24, 2.45) is 0 Å². The van der Waals surface area contributed by atoms with Gasteiger partial charge in [-0.25, -0.2) is 4.39 Å². The molecule has 0 aliphatic carbocycles. The number of hydrogen-bond donors (Lipinski definition) is 2. The van der Waals surface area contributed by atoms with Crippen molar-refractivity contribution in [2.45, 2.75) is 13.5 Å². The van der Waals surface area contributed by atoms with Crippen LogP contribution in [0.4, 0.5) is 4.39 Å². The Hall–Kier alpha value is -2.62. The number of carbonyl (C=O) groups is 1. The van der Waals surface area contributed by atoms with Gasteiger partial charge in [-0.1, -0.05) is 12.1 Å². The van der Waals surface area contributed by atoms with Crippen LogP contribution in [0.1, 0.15) is 21.6 Å². The third-order valence-electron chi connectivity index (χ3n) is 3.38. The predicted octanol–water partition coefficient (Wildman–Crippen LogP) is 3.55. The highest BCUT2D eigenvalue weighted by Gasteiger charge is 2.07. The molecule has 4 heteroatoms. The lowest BCUT2D eigenvalue weighted by Crippen LogP contribution is -2.22. The number of benzene rings is 2. The molecule has 3 aromatic rings. The molecule has 1 aromatic heterocycles. The van der Waals surface area contributed by atoms with Crippen LogP contribution in [-0.4, -0.2) is 10.9 Å². The van der Waals surface area contributed by atoms with E-state index in [4.69, 9.17) is 0 Å². The summed E-state index contributed by atoms with van der Waals surface area (Å²) >= 11 is 0. The van der Waals surface area contributed by atoms with Gasteiger partial charge < -0.3 is 10.3 Å². The summed E-state index contributed by atoms with van der Waals surface area (Å²) in [7, 11) is 0. The molecule has 0 fully saturated rings. The van der Waals surface area contributed by atoms with E-state index in [-0.39, 0.29) is 11.7 Å². The molecular weight excluding hydrogens is 267 g/mol. The molecule has 0 saturated heterocycles. The van der Waals surface area contributed by atoms with Crippen LogP contribution in [0.2, 0.25) is 0 Å². The van der Waals surface area contributed by atoms with E-state index in [1.807, 2.05) is 25.1 Å². The maximum atomic E-state index is 12.8. The van der Waals surface area contributed by atoms with E-state index in [2.05, 4.69) is 10.3 Å². The van der Waals surface area contributed by atoms with Crippen molar-refractivity contribution < 1.29 is 9.18 Å². The Morgan fingerprint density at radius 1 is 1.14 bits per heavy atom. The summed E-state index contributed by atoms with van der Waals surface area (Å²) < 4.78 is 12.8. The van der Waals surface area contributed by atoms with Crippen molar-refractivity contribution in [2.75, 3.05) is 0 Å². The number of aromatic nitrogens is 1. The fourth-order valence-corrected chi connectivity index (χ4v) is 2.31. The van der Waals surface area contributed by atoms with Gasteiger partial charge in [0.25, 0.3) is 5.91 Å². The monoisotopic (exact) mass is 282 g/mol. The van der Waals surface area contributed by atoms with Crippen LogP contribution in [0.15, 0.2) is 48.5 Å². The molecule has 0 radical (unpaired) electrons. The van der Waals surface area contributed by atoms with Gasteiger partial charge in [-0.2, -0.15) is 0 Å². The van der Waals surface area contributed by atoms with Crippen LogP contribution >= 0.6 is 0 Å². The highest BCUT2D eigenvalue weighted by molar-refractivity contribution is 5.98. The third-order valence-corrected chi connectivity index (χ3v) is 3.38. The summed E-state index contributed by atoms with van der Waals surface area (Å²) in [4.78, 5) is 15.4. The third kappa shape index (κ3) is 2.94. The zero-order valence-electron chi connectivity index (χ0n) is 11.6. The molecular formula is C17H15FN2O. The lowest BCUT2D eigenvalue weighted by molar-refractivity contribution is 0.0951. The molecule has 0 aliphatic rings. The van der Waals surface area contributed by atoms with E-state index >= 15 is 0 Å². The molecule has 0 atom stereocenters. The Labute approximate surface area is 121 Å². The number of nitrogens with one attached hydrogen (secondary N) is 2. The number of halogens is 1. The van der Waals surface area contributed by atoms with Gasteiger partial charge in [-0.15, -0.1) is 0 Å². The molecule has 3 nitrogen and oxygen atoms in total. The second-order valence-corrected chi connectivity index (χ2v) is 5.06. The first-order chi connectivity index (χ1) is 10.1. The Balaban J connectivity index is 1.72. The van der Waals surface area contributed by atoms with Gasteiger partial charge in [0.05, 0.1) is 0 Å². The van der Waals surface area contributed by atoms with Crippen LogP contribution < -0.4 is 5.32 Å². The normalized spacial score (nSPS) is 10.8. The topological polar surface area (TPSA) is 44.9 Å². The number of aryl methyl sites for hydroxylation is 1. The van der Waals surface area contributed by atoms with E-state index < -0.39 is 0 Å². The van der Waals surface area contributed by atoms with Gasteiger partial charge in [0.1, 0.15) is 5.82 Å². The number of H-pyrrole nitrogens is 1. The summed E-state index contributed by atoms with van der Waals surface area (Å²) in [5.74, 6) is -0.418. The maximum Gasteiger partial charge on any atom is 0.251 e. The summed E-state index contributed by atoms with van der Waals surface area (Å²) in [6.45, 7) is 2.36.